The zero-order chi connectivity index (χ0) is 17.3. The maximum absolute atomic E-state index is 13.5. The van der Waals surface area contributed by atoms with Gasteiger partial charge in [0.2, 0.25) is 11.9 Å². The molecule has 0 N–H and O–H groups in total. The molecule has 0 saturated carbocycles. The van der Waals surface area contributed by atoms with E-state index >= 15 is 0 Å². The molecule has 0 radical (unpaired) electrons. The van der Waals surface area contributed by atoms with E-state index in [0.29, 0.717) is 12.8 Å². The molecule has 0 saturated heterocycles. The average Bonchev–Trinajstić information content (AvgIpc) is 3.02. The maximum Gasteiger partial charge on any atom is 0.213 e. The first-order valence-corrected chi connectivity index (χ1v) is 8.14. The molecule has 4 rings (SSSR count). The van der Waals surface area contributed by atoms with E-state index in [1.165, 1.54) is 24.5 Å². The second kappa shape index (κ2) is 6.20. The second-order valence-electron chi connectivity index (χ2n) is 6.47. The predicted molar refractivity (Wildman–Crippen MR) is 92.7 cm³/mol. The molecule has 124 valence electrons. The van der Waals surface area contributed by atoms with Crippen LogP contribution >= 0.6 is 0 Å². The minimum atomic E-state index is -0.489. The molecule has 0 aromatic carbocycles. The van der Waals surface area contributed by atoms with Crippen LogP contribution in [0.2, 0.25) is 0 Å². The lowest BCUT2D eigenvalue weighted by atomic mass is 9.72. The molecule has 0 spiro atoms. The van der Waals surface area contributed by atoms with Gasteiger partial charge in [-0.05, 0) is 59.4 Å². The first-order chi connectivity index (χ1) is 12.1. The fraction of sp³-hybridized carbons (Fsp3) is 0.143. The van der Waals surface area contributed by atoms with Gasteiger partial charge in [-0.15, -0.1) is 0 Å². The van der Waals surface area contributed by atoms with Gasteiger partial charge >= 0.3 is 0 Å². The molecule has 2 aromatic heterocycles. The summed E-state index contributed by atoms with van der Waals surface area (Å²) >= 11 is 0. The molecule has 2 nitrogen and oxygen atoms in total. The van der Waals surface area contributed by atoms with E-state index in [4.69, 9.17) is 0 Å². The summed E-state index contributed by atoms with van der Waals surface area (Å²) in [6.07, 6.45) is 16.7. The van der Waals surface area contributed by atoms with Crippen LogP contribution in [-0.2, 0) is 12.8 Å². The van der Waals surface area contributed by atoms with E-state index in [9.17, 15) is 8.78 Å². The molecule has 2 aliphatic rings. The fourth-order valence-electron chi connectivity index (χ4n) is 3.49. The van der Waals surface area contributed by atoms with Crippen molar-refractivity contribution in [3.8, 4) is 0 Å². The zero-order valence-corrected chi connectivity index (χ0v) is 13.5. The summed E-state index contributed by atoms with van der Waals surface area (Å²) in [5.74, 6) is -0.979. The van der Waals surface area contributed by atoms with Gasteiger partial charge in [-0.25, -0.2) is 9.97 Å². The lowest BCUT2D eigenvalue weighted by molar-refractivity contribution is 0.474. The monoisotopic (exact) mass is 334 g/mol. The molecule has 0 amide bonds. The minimum Gasteiger partial charge on any atom is -0.228 e. The highest BCUT2D eigenvalue weighted by molar-refractivity contribution is 5.58. The van der Waals surface area contributed by atoms with Gasteiger partial charge in [0, 0.05) is 17.8 Å². The van der Waals surface area contributed by atoms with Crippen LogP contribution in [0.5, 0.6) is 0 Å². The SMILES string of the molecule is Fc1cc(CC2(Cc3ccnc(F)c3)C=CC3=CC=CC3=C2)ccn1. The topological polar surface area (TPSA) is 25.8 Å². The van der Waals surface area contributed by atoms with Gasteiger partial charge in [-0.2, -0.15) is 8.78 Å². The van der Waals surface area contributed by atoms with Gasteiger partial charge in [0.15, 0.2) is 0 Å². The Morgan fingerprint density at radius 1 is 0.840 bits per heavy atom. The van der Waals surface area contributed by atoms with Gasteiger partial charge in [-0.3, -0.25) is 0 Å². The quantitative estimate of drug-likeness (QED) is 0.768. The van der Waals surface area contributed by atoms with Crippen molar-refractivity contribution < 1.29 is 8.78 Å². The molecular weight excluding hydrogens is 318 g/mol. The third-order valence-corrected chi connectivity index (χ3v) is 4.57. The van der Waals surface area contributed by atoms with Crippen molar-refractivity contribution in [1.29, 1.82) is 0 Å². The van der Waals surface area contributed by atoms with Crippen molar-refractivity contribution in [3.63, 3.8) is 0 Å². The van der Waals surface area contributed by atoms with Crippen molar-refractivity contribution in [2.75, 3.05) is 0 Å². The van der Waals surface area contributed by atoms with Crippen molar-refractivity contribution in [2.45, 2.75) is 12.8 Å². The van der Waals surface area contributed by atoms with Crippen molar-refractivity contribution in [2.24, 2.45) is 5.41 Å². The molecule has 4 heteroatoms. The predicted octanol–water partition coefficient (Wildman–Crippen LogP) is 4.52. The van der Waals surface area contributed by atoms with Gasteiger partial charge < -0.3 is 0 Å². The average molecular weight is 334 g/mol. The Labute approximate surface area is 145 Å². The summed E-state index contributed by atoms with van der Waals surface area (Å²) < 4.78 is 27.0. The first kappa shape index (κ1) is 15.6. The van der Waals surface area contributed by atoms with Crippen LogP contribution in [0, 0.1) is 17.3 Å². The number of halogens is 2. The Morgan fingerprint density at radius 3 is 2.08 bits per heavy atom. The van der Waals surface area contributed by atoms with Crippen LogP contribution in [0.3, 0.4) is 0 Å². The normalized spacial score (nSPS) is 17.2. The number of fused-ring (bicyclic) bond motifs is 1. The fourth-order valence-corrected chi connectivity index (χ4v) is 3.49. The molecule has 2 aliphatic carbocycles. The van der Waals surface area contributed by atoms with Gasteiger partial charge in [0.05, 0.1) is 0 Å². The summed E-state index contributed by atoms with van der Waals surface area (Å²) in [4.78, 5) is 7.25. The van der Waals surface area contributed by atoms with Crippen LogP contribution < -0.4 is 0 Å². The summed E-state index contributed by atoms with van der Waals surface area (Å²) in [5, 5.41) is 0. The lowest BCUT2D eigenvalue weighted by Gasteiger charge is -2.31. The van der Waals surface area contributed by atoms with E-state index in [1.54, 1.807) is 0 Å². The van der Waals surface area contributed by atoms with Gasteiger partial charge in [0.1, 0.15) is 0 Å². The van der Waals surface area contributed by atoms with E-state index in [1.807, 2.05) is 18.2 Å². The standard InChI is InChI=1S/C21H16F2N2/c22-19-10-15(5-8-24-19)12-21(13-16-6-9-25-20(23)11-16)7-4-17-2-1-3-18(17)14-21/h1-11,14H,12-13H2. The second-order valence-corrected chi connectivity index (χ2v) is 6.47. The number of rotatable bonds is 4. The molecule has 0 atom stereocenters. The molecule has 0 aliphatic heterocycles. The Kier molecular flexibility index (Phi) is 3.88. The lowest BCUT2D eigenvalue weighted by Crippen LogP contribution is -2.24. The highest BCUT2D eigenvalue weighted by Gasteiger charge is 2.30. The number of nitrogens with zero attached hydrogens (tertiary/aromatic N) is 2. The van der Waals surface area contributed by atoms with Crippen molar-refractivity contribution >= 4 is 0 Å². The van der Waals surface area contributed by atoms with E-state index in [-0.39, 0.29) is 5.41 Å². The Bertz CT molecular complexity index is 891. The van der Waals surface area contributed by atoms with Crippen LogP contribution in [0.25, 0.3) is 0 Å². The summed E-state index contributed by atoms with van der Waals surface area (Å²) in [6, 6.07) is 6.55. The molecule has 2 aromatic rings. The van der Waals surface area contributed by atoms with Crippen LogP contribution in [0.15, 0.2) is 84.3 Å². The zero-order valence-electron chi connectivity index (χ0n) is 13.5. The largest absolute Gasteiger partial charge is 0.228 e. The molecule has 0 fully saturated rings. The Balaban J connectivity index is 1.73. The summed E-state index contributed by atoms with van der Waals surface area (Å²) in [7, 11) is 0. The third-order valence-electron chi connectivity index (χ3n) is 4.57. The highest BCUT2D eigenvalue weighted by Crippen LogP contribution is 2.39. The number of hydrogen-bond donors (Lipinski definition) is 0. The van der Waals surface area contributed by atoms with Crippen LogP contribution in [0.1, 0.15) is 11.1 Å². The number of hydrogen-bond acceptors (Lipinski definition) is 2. The molecule has 2 heterocycles. The summed E-state index contributed by atoms with van der Waals surface area (Å²) in [6.45, 7) is 0. The van der Waals surface area contributed by atoms with Gasteiger partial charge in [-0.1, -0.05) is 36.5 Å². The van der Waals surface area contributed by atoms with Crippen molar-refractivity contribution in [3.05, 3.63) is 107 Å². The van der Waals surface area contributed by atoms with E-state index in [2.05, 4.69) is 40.3 Å². The highest BCUT2D eigenvalue weighted by atomic mass is 19.1. The number of pyridine rings is 2. The summed E-state index contributed by atoms with van der Waals surface area (Å²) in [5.41, 5.74) is 3.67. The first-order valence-electron chi connectivity index (χ1n) is 8.14. The van der Waals surface area contributed by atoms with Crippen molar-refractivity contribution in [1.82, 2.24) is 9.97 Å². The van der Waals surface area contributed by atoms with Gasteiger partial charge in [0.25, 0.3) is 0 Å². The van der Waals surface area contributed by atoms with Crippen LogP contribution in [-0.4, -0.2) is 9.97 Å². The van der Waals surface area contributed by atoms with E-state index in [0.717, 1.165) is 22.3 Å². The number of allylic oxidation sites excluding steroid dienone is 8. The molecular formula is C21H16F2N2. The third kappa shape index (κ3) is 3.33. The smallest absolute Gasteiger partial charge is 0.213 e. The van der Waals surface area contributed by atoms with Crippen LogP contribution in [0.4, 0.5) is 8.78 Å². The molecule has 25 heavy (non-hydrogen) atoms. The molecule has 0 bridgehead atoms. The van der Waals surface area contributed by atoms with E-state index < -0.39 is 11.9 Å². The maximum atomic E-state index is 13.5. The molecule has 0 unspecified atom stereocenters. The number of aromatic nitrogens is 2. The Morgan fingerprint density at radius 2 is 1.48 bits per heavy atom. The minimum absolute atomic E-state index is 0.358. The Hall–Kier alpha value is -2.88.